The Morgan fingerprint density at radius 1 is 1.33 bits per heavy atom. The van der Waals surface area contributed by atoms with Crippen LogP contribution in [0.3, 0.4) is 0 Å². The van der Waals surface area contributed by atoms with E-state index in [1.807, 2.05) is 0 Å². The number of hydrogen-bond donors (Lipinski definition) is 2. The number of nitrogens with one attached hydrogen (secondary N) is 2. The maximum absolute atomic E-state index is 12.0. The summed E-state index contributed by atoms with van der Waals surface area (Å²) < 4.78 is 26.3. The molecule has 2 N–H and O–H groups in total. The topological polar surface area (TPSA) is 91.9 Å². The number of H-pyrrole nitrogens is 1. The van der Waals surface area contributed by atoms with Crippen LogP contribution < -0.4 is 10.2 Å². The third kappa shape index (κ3) is 2.57. The van der Waals surface area contributed by atoms with Crippen molar-refractivity contribution in [3.05, 3.63) is 52.7 Å². The highest BCUT2D eigenvalue weighted by molar-refractivity contribution is 7.92. The maximum Gasteiger partial charge on any atom is 0.267 e. The van der Waals surface area contributed by atoms with Crippen molar-refractivity contribution >= 4 is 15.7 Å². The minimum atomic E-state index is -3.89. The summed E-state index contributed by atoms with van der Waals surface area (Å²) >= 11 is 0. The van der Waals surface area contributed by atoms with E-state index in [4.69, 9.17) is 0 Å². The van der Waals surface area contributed by atoms with Crippen molar-refractivity contribution < 1.29 is 8.42 Å². The molecule has 7 heteroatoms. The third-order valence-electron chi connectivity index (χ3n) is 2.20. The quantitative estimate of drug-likeness (QED) is 0.861. The van der Waals surface area contributed by atoms with Gasteiger partial charge in [0.05, 0.1) is 11.9 Å². The van der Waals surface area contributed by atoms with E-state index in [1.54, 1.807) is 19.2 Å². The maximum atomic E-state index is 12.0. The van der Waals surface area contributed by atoms with Gasteiger partial charge in [0.15, 0.2) is 4.90 Å². The molecule has 0 atom stereocenters. The summed E-state index contributed by atoms with van der Waals surface area (Å²) in [6.07, 6.45) is 5.50. The van der Waals surface area contributed by atoms with Crippen LogP contribution in [0.25, 0.3) is 0 Å². The fourth-order valence-electron chi connectivity index (χ4n) is 1.43. The van der Waals surface area contributed by atoms with Gasteiger partial charge < -0.3 is 4.98 Å². The largest absolute Gasteiger partial charge is 0.366 e. The molecule has 0 aliphatic carbocycles. The van der Waals surface area contributed by atoms with E-state index < -0.39 is 15.5 Å². The molecule has 2 aromatic rings. The third-order valence-corrected chi connectivity index (χ3v) is 3.61. The van der Waals surface area contributed by atoms with Crippen molar-refractivity contribution in [2.75, 3.05) is 4.72 Å². The highest BCUT2D eigenvalue weighted by Crippen LogP contribution is 2.12. The van der Waals surface area contributed by atoms with Crippen LogP contribution in [0, 0.1) is 6.92 Å². The van der Waals surface area contributed by atoms with E-state index in [0.717, 1.165) is 17.8 Å². The molecule has 0 fully saturated rings. The van der Waals surface area contributed by atoms with E-state index in [-0.39, 0.29) is 4.90 Å². The standard InChI is InChI=1S/C11H11N3O3S/c1-8-4-9(6-13-5-8)14-18(16,17)11-7-12-3-2-10(11)15/h2-7,14H,1H3,(H,12,15). The summed E-state index contributed by atoms with van der Waals surface area (Å²) in [6, 6.07) is 2.78. The molecular formula is C11H11N3O3S. The van der Waals surface area contributed by atoms with Crippen molar-refractivity contribution in [2.24, 2.45) is 0 Å². The number of aromatic nitrogens is 2. The van der Waals surface area contributed by atoms with Crippen LogP contribution in [-0.4, -0.2) is 18.4 Å². The van der Waals surface area contributed by atoms with Crippen molar-refractivity contribution in [3.8, 4) is 0 Å². The molecule has 0 saturated carbocycles. The van der Waals surface area contributed by atoms with E-state index in [2.05, 4.69) is 14.7 Å². The minimum Gasteiger partial charge on any atom is -0.366 e. The van der Waals surface area contributed by atoms with Gasteiger partial charge in [-0.3, -0.25) is 14.5 Å². The molecule has 0 radical (unpaired) electrons. The first-order chi connectivity index (χ1) is 8.49. The normalized spacial score (nSPS) is 11.2. The molecule has 2 rings (SSSR count). The van der Waals surface area contributed by atoms with Gasteiger partial charge in [0.25, 0.3) is 10.0 Å². The number of sulfonamides is 1. The lowest BCUT2D eigenvalue weighted by atomic mass is 10.3. The number of aromatic amines is 1. The van der Waals surface area contributed by atoms with E-state index in [1.165, 1.54) is 12.4 Å². The van der Waals surface area contributed by atoms with Crippen molar-refractivity contribution in [2.45, 2.75) is 11.8 Å². The van der Waals surface area contributed by atoms with Crippen LogP contribution in [0.4, 0.5) is 5.69 Å². The highest BCUT2D eigenvalue weighted by Gasteiger charge is 2.17. The summed E-state index contributed by atoms with van der Waals surface area (Å²) in [5.74, 6) is 0. The van der Waals surface area contributed by atoms with Gasteiger partial charge in [0.1, 0.15) is 0 Å². The zero-order chi connectivity index (χ0) is 13.2. The Kier molecular flexibility index (Phi) is 3.15. The lowest BCUT2D eigenvalue weighted by Gasteiger charge is -2.07. The predicted molar refractivity (Wildman–Crippen MR) is 66.8 cm³/mol. The zero-order valence-electron chi connectivity index (χ0n) is 9.54. The molecule has 18 heavy (non-hydrogen) atoms. The van der Waals surface area contributed by atoms with Crippen LogP contribution in [0.15, 0.2) is 46.6 Å². The minimum absolute atomic E-state index is 0.318. The molecule has 2 aromatic heterocycles. The van der Waals surface area contributed by atoms with Gasteiger partial charge in [-0.05, 0) is 18.6 Å². The second-order valence-corrected chi connectivity index (χ2v) is 5.38. The average Bonchev–Trinajstić information content (AvgIpc) is 2.28. The lowest BCUT2D eigenvalue weighted by molar-refractivity contribution is 0.600. The van der Waals surface area contributed by atoms with Crippen LogP contribution in [0.1, 0.15) is 5.56 Å². The predicted octanol–water partition coefficient (Wildman–Crippen LogP) is 0.879. The molecule has 0 bridgehead atoms. The van der Waals surface area contributed by atoms with E-state index >= 15 is 0 Å². The van der Waals surface area contributed by atoms with Crippen molar-refractivity contribution in [1.82, 2.24) is 9.97 Å². The molecular weight excluding hydrogens is 254 g/mol. The number of rotatable bonds is 3. The molecule has 6 nitrogen and oxygen atoms in total. The molecule has 0 spiro atoms. The molecule has 2 heterocycles. The summed E-state index contributed by atoms with van der Waals surface area (Å²) in [6.45, 7) is 1.79. The summed E-state index contributed by atoms with van der Waals surface area (Å²) in [4.78, 5) is 17.6. The molecule has 0 aliphatic rings. The number of pyridine rings is 2. The molecule has 0 unspecified atom stereocenters. The van der Waals surface area contributed by atoms with Gasteiger partial charge in [0, 0.05) is 24.7 Å². The van der Waals surface area contributed by atoms with Crippen LogP contribution in [-0.2, 0) is 10.0 Å². The summed E-state index contributed by atoms with van der Waals surface area (Å²) in [5.41, 5.74) is 0.567. The number of nitrogens with zero attached hydrogens (tertiary/aromatic N) is 1. The summed E-state index contributed by atoms with van der Waals surface area (Å²) in [7, 11) is -3.89. The average molecular weight is 265 g/mol. The van der Waals surface area contributed by atoms with Crippen LogP contribution in [0.2, 0.25) is 0 Å². The first-order valence-electron chi connectivity index (χ1n) is 5.10. The van der Waals surface area contributed by atoms with Gasteiger partial charge >= 0.3 is 0 Å². The highest BCUT2D eigenvalue weighted by atomic mass is 32.2. The number of anilines is 1. The zero-order valence-corrected chi connectivity index (χ0v) is 10.4. The molecule has 0 saturated heterocycles. The Balaban J connectivity index is 2.40. The van der Waals surface area contributed by atoms with E-state index in [9.17, 15) is 13.2 Å². The fraction of sp³-hybridized carbons (Fsp3) is 0.0909. The monoisotopic (exact) mass is 265 g/mol. The van der Waals surface area contributed by atoms with Gasteiger partial charge in [-0.25, -0.2) is 8.42 Å². The van der Waals surface area contributed by atoms with Crippen LogP contribution in [0.5, 0.6) is 0 Å². The Labute approximate surface area is 104 Å². The van der Waals surface area contributed by atoms with Gasteiger partial charge in [-0.1, -0.05) is 0 Å². The first kappa shape index (κ1) is 12.3. The fourth-order valence-corrected chi connectivity index (χ4v) is 2.52. The second-order valence-electron chi connectivity index (χ2n) is 3.73. The van der Waals surface area contributed by atoms with Gasteiger partial charge in [-0.2, -0.15) is 0 Å². The molecule has 94 valence electrons. The van der Waals surface area contributed by atoms with Crippen molar-refractivity contribution in [3.63, 3.8) is 0 Å². The first-order valence-corrected chi connectivity index (χ1v) is 6.59. The van der Waals surface area contributed by atoms with Gasteiger partial charge in [-0.15, -0.1) is 0 Å². The van der Waals surface area contributed by atoms with Gasteiger partial charge in [0.2, 0.25) is 5.43 Å². The smallest absolute Gasteiger partial charge is 0.267 e. The lowest BCUT2D eigenvalue weighted by Crippen LogP contribution is -2.21. The van der Waals surface area contributed by atoms with Crippen molar-refractivity contribution in [1.29, 1.82) is 0 Å². The molecule has 0 aliphatic heterocycles. The Morgan fingerprint density at radius 2 is 2.11 bits per heavy atom. The second kappa shape index (κ2) is 4.61. The Morgan fingerprint density at radius 3 is 2.78 bits per heavy atom. The molecule has 0 aromatic carbocycles. The SMILES string of the molecule is Cc1cncc(NS(=O)(=O)c2c[nH]ccc2=O)c1. The van der Waals surface area contributed by atoms with E-state index in [0.29, 0.717) is 5.69 Å². The number of aryl methyl sites for hydroxylation is 1. The molecule has 0 amide bonds. The Bertz CT molecular complexity index is 722. The number of hydrogen-bond acceptors (Lipinski definition) is 4. The summed E-state index contributed by atoms with van der Waals surface area (Å²) in [5, 5.41) is 0. The van der Waals surface area contributed by atoms with Crippen LogP contribution >= 0.6 is 0 Å². The Hall–Kier alpha value is -2.15.